The molecular formula is C36H28Cl2N6O2. The molecule has 10 heteroatoms. The Morgan fingerprint density at radius 2 is 0.674 bits per heavy atom. The minimum Gasteiger partial charge on any atom is -0.456 e. The van der Waals surface area contributed by atoms with Gasteiger partial charge in [-0.25, -0.2) is 0 Å². The maximum absolute atomic E-state index is 8.80. The Morgan fingerprint density at radius 1 is 0.435 bits per heavy atom. The summed E-state index contributed by atoms with van der Waals surface area (Å²) < 4.78 is 11.7. The van der Waals surface area contributed by atoms with E-state index in [0.717, 1.165) is 45.3 Å². The molecule has 228 valence electrons. The Balaban J connectivity index is 0.000000241. The highest BCUT2D eigenvalue weighted by molar-refractivity contribution is 5.96. The average Bonchev–Trinajstić information content (AvgIpc) is 3.77. The van der Waals surface area contributed by atoms with Crippen molar-refractivity contribution in [3.63, 3.8) is 0 Å². The molecule has 2 aromatic heterocycles. The van der Waals surface area contributed by atoms with Crippen LogP contribution in [-0.2, 0) is 0 Å². The van der Waals surface area contributed by atoms with E-state index in [1.165, 1.54) is 0 Å². The number of nitrogens with one attached hydrogen (secondary N) is 2. The van der Waals surface area contributed by atoms with Crippen LogP contribution in [0.15, 0.2) is 130 Å². The number of furan rings is 2. The normalized spacial score (nSPS) is 9.70. The summed E-state index contributed by atoms with van der Waals surface area (Å²) in [6.07, 6.45) is 0. The van der Waals surface area contributed by atoms with Crippen molar-refractivity contribution in [2.45, 2.75) is 0 Å². The first-order valence-corrected chi connectivity index (χ1v) is 13.4. The van der Waals surface area contributed by atoms with Crippen LogP contribution in [-0.4, -0.2) is 11.7 Å². The van der Waals surface area contributed by atoms with Crippen LogP contribution in [0, 0.1) is 33.5 Å². The Hall–Kier alpha value is -6.06. The summed E-state index contributed by atoms with van der Waals surface area (Å²) in [7, 11) is 0. The molecule has 0 spiro atoms. The molecule has 8 nitrogen and oxygen atoms in total. The lowest BCUT2D eigenvalue weighted by Gasteiger charge is -2.02. The number of hydrogen-bond donors (Lipinski definition) is 4. The van der Waals surface area contributed by atoms with Crippen molar-refractivity contribution < 1.29 is 8.83 Å². The second-order valence-corrected chi connectivity index (χ2v) is 9.69. The van der Waals surface area contributed by atoms with Crippen molar-refractivity contribution in [1.82, 2.24) is 0 Å². The van der Waals surface area contributed by atoms with Gasteiger partial charge in [-0.15, -0.1) is 24.8 Å². The molecule has 0 fully saturated rings. The number of nitrogens with zero attached hydrogens (tertiary/aromatic N) is 2. The number of nitriles is 2. The van der Waals surface area contributed by atoms with Crippen LogP contribution in [0.4, 0.5) is 0 Å². The van der Waals surface area contributed by atoms with E-state index >= 15 is 0 Å². The van der Waals surface area contributed by atoms with Gasteiger partial charge in [0.2, 0.25) is 0 Å². The fourth-order valence-corrected chi connectivity index (χ4v) is 4.34. The van der Waals surface area contributed by atoms with Crippen molar-refractivity contribution >= 4 is 36.5 Å². The zero-order chi connectivity index (χ0) is 31.1. The molecule has 4 aromatic carbocycles. The van der Waals surface area contributed by atoms with Crippen molar-refractivity contribution in [3.05, 3.63) is 144 Å². The number of benzene rings is 4. The summed E-state index contributed by atoms with van der Waals surface area (Å²) in [4.78, 5) is 0. The lowest BCUT2D eigenvalue weighted by molar-refractivity contribution is 0.597. The van der Waals surface area contributed by atoms with Crippen molar-refractivity contribution in [3.8, 4) is 57.4 Å². The monoisotopic (exact) mass is 646 g/mol. The van der Waals surface area contributed by atoms with E-state index in [9.17, 15) is 0 Å². The molecule has 0 saturated carbocycles. The van der Waals surface area contributed by atoms with Gasteiger partial charge in [0.1, 0.15) is 34.7 Å². The molecule has 0 radical (unpaired) electrons. The molecule has 6 N–H and O–H groups in total. The lowest BCUT2D eigenvalue weighted by Crippen LogP contribution is -2.10. The summed E-state index contributed by atoms with van der Waals surface area (Å²) >= 11 is 0. The summed E-state index contributed by atoms with van der Waals surface area (Å²) in [6.45, 7) is 0. The number of nitrogen functional groups attached to an aromatic ring is 2. The average molecular weight is 648 g/mol. The van der Waals surface area contributed by atoms with Gasteiger partial charge in [0, 0.05) is 33.4 Å². The number of halogens is 2. The van der Waals surface area contributed by atoms with Crippen LogP contribution < -0.4 is 11.5 Å². The van der Waals surface area contributed by atoms with E-state index in [1.807, 2.05) is 72.8 Å². The zero-order valence-electron chi connectivity index (χ0n) is 24.2. The first kappa shape index (κ1) is 34.4. The topological polar surface area (TPSA) is 174 Å². The molecular weight excluding hydrogens is 619 g/mol. The highest BCUT2D eigenvalue weighted by atomic mass is 35.5. The van der Waals surface area contributed by atoms with Crippen LogP contribution in [0.25, 0.3) is 45.3 Å². The highest BCUT2D eigenvalue weighted by Gasteiger charge is 2.09. The van der Waals surface area contributed by atoms with E-state index in [-0.39, 0.29) is 36.5 Å². The van der Waals surface area contributed by atoms with Gasteiger partial charge < -0.3 is 20.3 Å². The van der Waals surface area contributed by atoms with Crippen LogP contribution in [0.5, 0.6) is 0 Å². The molecule has 6 rings (SSSR count). The Kier molecular flexibility index (Phi) is 11.7. The Morgan fingerprint density at radius 3 is 0.891 bits per heavy atom. The Labute approximate surface area is 278 Å². The van der Waals surface area contributed by atoms with E-state index in [4.69, 9.17) is 41.6 Å². The maximum atomic E-state index is 8.80. The molecule has 0 amide bonds. The van der Waals surface area contributed by atoms with Gasteiger partial charge in [0.05, 0.1) is 23.3 Å². The van der Waals surface area contributed by atoms with Crippen LogP contribution >= 0.6 is 24.8 Å². The van der Waals surface area contributed by atoms with Gasteiger partial charge in [0.25, 0.3) is 0 Å². The van der Waals surface area contributed by atoms with E-state index in [1.54, 1.807) is 48.5 Å². The second kappa shape index (κ2) is 15.6. The number of nitrogens with two attached hydrogens (primary N) is 2. The molecule has 0 aliphatic heterocycles. The molecule has 0 aliphatic rings. The molecule has 2 heterocycles. The zero-order valence-corrected chi connectivity index (χ0v) is 25.9. The molecule has 6 aromatic rings. The predicted octanol–water partition coefficient (Wildman–Crippen LogP) is 8.38. The smallest absolute Gasteiger partial charge is 0.134 e. The molecule has 46 heavy (non-hydrogen) atoms. The van der Waals surface area contributed by atoms with Gasteiger partial charge >= 0.3 is 0 Å². The SMILES string of the molecule is Cl.Cl.N#Cc1ccc(-c2ccc(-c3ccc(C#N)cc3)o2)cc1.N=C(N)c1ccc(-c2ccc(-c3ccc(C(=N)N)cc3)o2)cc1. The van der Waals surface area contributed by atoms with Crippen molar-refractivity contribution in [2.24, 2.45) is 11.5 Å². The van der Waals surface area contributed by atoms with Gasteiger partial charge in [-0.1, -0.05) is 48.5 Å². The van der Waals surface area contributed by atoms with Gasteiger partial charge in [-0.05, 0) is 72.8 Å². The largest absolute Gasteiger partial charge is 0.456 e. The molecule has 0 aliphatic carbocycles. The molecule has 0 saturated heterocycles. The van der Waals surface area contributed by atoms with E-state index < -0.39 is 0 Å². The molecule has 0 atom stereocenters. The molecule has 0 unspecified atom stereocenters. The van der Waals surface area contributed by atoms with Crippen LogP contribution in [0.2, 0.25) is 0 Å². The predicted molar refractivity (Wildman–Crippen MR) is 185 cm³/mol. The number of hydrogen-bond acceptors (Lipinski definition) is 6. The summed E-state index contributed by atoms with van der Waals surface area (Å²) in [5.41, 5.74) is 17.2. The van der Waals surface area contributed by atoms with Gasteiger partial charge in [-0.2, -0.15) is 10.5 Å². The summed E-state index contributed by atoms with van der Waals surface area (Å²) in [5, 5.41) is 32.4. The van der Waals surface area contributed by atoms with E-state index in [2.05, 4.69) is 12.1 Å². The van der Waals surface area contributed by atoms with Crippen molar-refractivity contribution in [1.29, 1.82) is 21.3 Å². The van der Waals surface area contributed by atoms with E-state index in [0.29, 0.717) is 22.3 Å². The minimum absolute atomic E-state index is 0. The first-order valence-electron chi connectivity index (χ1n) is 13.4. The summed E-state index contributed by atoms with van der Waals surface area (Å²) in [6, 6.07) is 40.9. The fourth-order valence-electron chi connectivity index (χ4n) is 4.34. The highest BCUT2D eigenvalue weighted by Crippen LogP contribution is 2.30. The number of rotatable bonds is 6. The van der Waals surface area contributed by atoms with Gasteiger partial charge in [-0.3, -0.25) is 10.8 Å². The van der Waals surface area contributed by atoms with Gasteiger partial charge in [0.15, 0.2) is 0 Å². The third-order valence-corrected chi connectivity index (χ3v) is 6.77. The third-order valence-electron chi connectivity index (χ3n) is 6.77. The van der Waals surface area contributed by atoms with Crippen LogP contribution in [0.3, 0.4) is 0 Å². The fraction of sp³-hybridized carbons (Fsp3) is 0. The van der Waals surface area contributed by atoms with Crippen LogP contribution in [0.1, 0.15) is 22.3 Å². The quantitative estimate of drug-likeness (QED) is 0.104. The third kappa shape index (κ3) is 8.10. The Bertz CT molecular complexity index is 1870. The number of amidine groups is 2. The minimum atomic E-state index is 0. The maximum Gasteiger partial charge on any atom is 0.134 e. The first-order chi connectivity index (χ1) is 21.3. The second-order valence-electron chi connectivity index (χ2n) is 9.69. The summed E-state index contributed by atoms with van der Waals surface area (Å²) in [5.74, 6) is 3.07. The standard InChI is InChI=1S/C18H16N4O.C18H10N2O.2ClH/c19-17(20)13-5-1-11(2-6-13)15-9-10-16(23-15)12-3-7-14(8-4-12)18(21)22;19-11-13-1-5-15(6-2-13)17-9-10-18(21-17)16-7-3-14(12-20)4-8-16;;/h1-10H,(H3,19,20)(H3,21,22);1-10H;2*1H. The van der Waals surface area contributed by atoms with Crippen molar-refractivity contribution in [2.75, 3.05) is 0 Å². The molecule has 0 bridgehead atoms. The lowest BCUT2D eigenvalue weighted by atomic mass is 10.1.